The molecule has 3 nitrogen and oxygen atoms in total. The molecule has 0 amide bonds. The number of hydrogen-bond acceptors (Lipinski definition) is 2. The fraction of sp³-hybridized carbons (Fsp3) is 1.00. The zero-order valence-corrected chi connectivity index (χ0v) is 7.59. The molecule has 0 radical (unpaired) electrons. The monoisotopic (exact) mass is 171 g/mol. The average molecular weight is 171 g/mol. The Bertz CT molecular complexity index is 143. The predicted molar refractivity (Wildman–Crippen MR) is 46.6 cm³/mol. The minimum atomic E-state index is 0.616. The maximum Gasteiger partial charge on any atom is 0.0847 e. The number of quaternary nitrogens is 1. The second-order valence-electron chi connectivity index (χ2n) is 4.07. The Kier molecular flexibility index (Phi) is 2.63. The summed E-state index contributed by atoms with van der Waals surface area (Å²) in [6, 6.07) is 1.31. The van der Waals surface area contributed by atoms with E-state index >= 15 is 0 Å². The van der Waals surface area contributed by atoms with Gasteiger partial charge < -0.3 is 15.8 Å². The van der Waals surface area contributed by atoms with Gasteiger partial charge in [-0.25, -0.2) is 0 Å². The summed E-state index contributed by atoms with van der Waals surface area (Å²) in [6.45, 7) is 2.83. The van der Waals surface area contributed by atoms with Crippen LogP contribution in [0.25, 0.3) is 0 Å². The largest absolute Gasteiger partial charge is 0.379 e. The van der Waals surface area contributed by atoms with E-state index in [0.29, 0.717) is 12.1 Å². The van der Waals surface area contributed by atoms with Gasteiger partial charge in [0.1, 0.15) is 0 Å². The third kappa shape index (κ3) is 1.79. The van der Waals surface area contributed by atoms with Crippen molar-refractivity contribution >= 4 is 0 Å². The first kappa shape index (κ1) is 8.48. The quantitative estimate of drug-likeness (QED) is 0.553. The lowest BCUT2D eigenvalue weighted by Gasteiger charge is -2.28. The molecule has 1 aliphatic heterocycles. The summed E-state index contributed by atoms with van der Waals surface area (Å²) < 4.78 is 5.45. The molecule has 0 aromatic rings. The van der Waals surface area contributed by atoms with E-state index in [9.17, 15) is 0 Å². The van der Waals surface area contributed by atoms with Crippen molar-refractivity contribution in [3.05, 3.63) is 0 Å². The molecule has 2 rings (SSSR count). The van der Waals surface area contributed by atoms with Crippen molar-refractivity contribution in [2.75, 3.05) is 19.8 Å². The van der Waals surface area contributed by atoms with E-state index in [1.807, 2.05) is 0 Å². The molecular formula is C9H19N2O+. The van der Waals surface area contributed by atoms with Crippen molar-refractivity contribution in [2.45, 2.75) is 31.3 Å². The molecule has 0 spiro atoms. The highest BCUT2D eigenvalue weighted by Crippen LogP contribution is 2.26. The lowest BCUT2D eigenvalue weighted by atomic mass is 9.98. The normalized spacial score (nSPS) is 43.2. The van der Waals surface area contributed by atoms with Gasteiger partial charge in [-0.15, -0.1) is 0 Å². The van der Waals surface area contributed by atoms with Gasteiger partial charge in [-0.05, 0) is 18.8 Å². The second-order valence-corrected chi connectivity index (χ2v) is 4.07. The zero-order valence-electron chi connectivity index (χ0n) is 7.59. The summed E-state index contributed by atoms with van der Waals surface area (Å²) in [5.74, 6) is 0.827. The molecule has 70 valence electrons. The number of hydrogen-bond donors (Lipinski definition) is 2. The maximum absolute atomic E-state index is 5.45. The molecule has 1 heterocycles. The molecule has 2 aliphatic rings. The minimum Gasteiger partial charge on any atom is -0.379 e. The molecule has 1 aliphatic carbocycles. The Morgan fingerprint density at radius 3 is 2.83 bits per heavy atom. The van der Waals surface area contributed by atoms with Gasteiger partial charge in [-0.3, -0.25) is 0 Å². The first-order valence-corrected chi connectivity index (χ1v) is 5.00. The molecule has 3 heteroatoms. The number of morpholine rings is 1. The van der Waals surface area contributed by atoms with E-state index in [2.05, 4.69) is 11.1 Å². The van der Waals surface area contributed by atoms with Gasteiger partial charge in [-0.2, -0.15) is 0 Å². The van der Waals surface area contributed by atoms with Crippen LogP contribution < -0.4 is 11.1 Å². The Balaban J connectivity index is 1.83. The van der Waals surface area contributed by atoms with E-state index in [-0.39, 0.29) is 0 Å². The third-order valence-corrected chi connectivity index (χ3v) is 3.10. The molecule has 3 unspecified atom stereocenters. The fourth-order valence-electron chi connectivity index (χ4n) is 2.37. The van der Waals surface area contributed by atoms with Crippen LogP contribution in [0.15, 0.2) is 0 Å². The lowest BCUT2D eigenvalue weighted by molar-refractivity contribution is -0.417. The van der Waals surface area contributed by atoms with Crippen LogP contribution in [0, 0.1) is 5.92 Å². The molecule has 1 saturated carbocycles. The summed E-state index contributed by atoms with van der Waals surface area (Å²) in [6.07, 6.45) is 3.94. The van der Waals surface area contributed by atoms with Crippen LogP contribution >= 0.6 is 0 Å². The minimum absolute atomic E-state index is 0.616. The van der Waals surface area contributed by atoms with Crippen LogP contribution in [0.1, 0.15) is 19.3 Å². The number of nitrogens with one attached hydrogen (secondary N) is 1. The number of ether oxygens (including phenoxy) is 1. The van der Waals surface area contributed by atoms with Gasteiger partial charge in [0.25, 0.3) is 0 Å². The van der Waals surface area contributed by atoms with Crippen LogP contribution in [-0.2, 0) is 4.74 Å². The molecule has 1 saturated heterocycles. The van der Waals surface area contributed by atoms with Crippen LogP contribution in [0.2, 0.25) is 0 Å². The average Bonchev–Trinajstić information content (AvgIpc) is 2.54. The second kappa shape index (κ2) is 3.73. The van der Waals surface area contributed by atoms with Crippen LogP contribution in [-0.4, -0.2) is 31.8 Å². The highest BCUT2D eigenvalue weighted by Gasteiger charge is 2.31. The smallest absolute Gasteiger partial charge is 0.0847 e. The van der Waals surface area contributed by atoms with Gasteiger partial charge in [0.15, 0.2) is 0 Å². The van der Waals surface area contributed by atoms with Gasteiger partial charge in [0.2, 0.25) is 0 Å². The van der Waals surface area contributed by atoms with Crippen molar-refractivity contribution in [2.24, 2.45) is 5.92 Å². The van der Waals surface area contributed by atoms with Crippen molar-refractivity contribution < 1.29 is 10.5 Å². The highest BCUT2D eigenvalue weighted by molar-refractivity contribution is 4.85. The Labute approximate surface area is 73.7 Å². The molecular weight excluding hydrogens is 152 g/mol. The van der Waals surface area contributed by atoms with Gasteiger partial charge >= 0.3 is 0 Å². The molecule has 0 bridgehead atoms. The van der Waals surface area contributed by atoms with E-state index < -0.39 is 0 Å². The Morgan fingerprint density at radius 1 is 1.33 bits per heavy atom. The third-order valence-electron chi connectivity index (χ3n) is 3.10. The molecule has 12 heavy (non-hydrogen) atoms. The number of rotatable bonds is 1. The molecule has 0 aromatic carbocycles. The van der Waals surface area contributed by atoms with Crippen LogP contribution in [0.5, 0.6) is 0 Å². The van der Waals surface area contributed by atoms with E-state index in [4.69, 9.17) is 4.74 Å². The molecule has 2 fully saturated rings. The maximum atomic E-state index is 5.45. The predicted octanol–water partition coefficient (Wildman–Crippen LogP) is -0.615. The zero-order chi connectivity index (χ0) is 8.39. The molecule has 4 N–H and O–H groups in total. The molecule has 3 atom stereocenters. The highest BCUT2D eigenvalue weighted by atomic mass is 16.5. The summed E-state index contributed by atoms with van der Waals surface area (Å²) in [4.78, 5) is 0. The van der Waals surface area contributed by atoms with E-state index in [1.165, 1.54) is 19.3 Å². The van der Waals surface area contributed by atoms with Crippen molar-refractivity contribution in [3.63, 3.8) is 0 Å². The van der Waals surface area contributed by atoms with E-state index in [0.717, 1.165) is 25.7 Å². The van der Waals surface area contributed by atoms with Crippen molar-refractivity contribution in [3.8, 4) is 0 Å². The van der Waals surface area contributed by atoms with Crippen LogP contribution in [0.4, 0.5) is 0 Å². The SMILES string of the molecule is [NH3+]C1CCC(C2COCCN2)C1. The summed E-state index contributed by atoms with van der Waals surface area (Å²) in [5.41, 5.74) is 4.11. The first-order valence-electron chi connectivity index (χ1n) is 5.00. The summed E-state index contributed by atoms with van der Waals surface area (Å²) in [5, 5.41) is 3.53. The summed E-state index contributed by atoms with van der Waals surface area (Å²) in [7, 11) is 0. The Hall–Kier alpha value is -0.120. The standard InChI is InChI=1S/C9H18N2O/c10-8-2-1-7(5-8)9-6-12-4-3-11-9/h7-9,11H,1-6,10H2/p+1. The van der Waals surface area contributed by atoms with Gasteiger partial charge in [0, 0.05) is 19.0 Å². The first-order chi connectivity index (χ1) is 5.86. The summed E-state index contributed by atoms with van der Waals surface area (Å²) >= 11 is 0. The van der Waals surface area contributed by atoms with Gasteiger partial charge in [0.05, 0.1) is 19.3 Å². The van der Waals surface area contributed by atoms with Gasteiger partial charge in [-0.1, -0.05) is 0 Å². The lowest BCUT2D eigenvalue weighted by Crippen LogP contribution is -2.59. The van der Waals surface area contributed by atoms with Crippen LogP contribution in [0.3, 0.4) is 0 Å². The van der Waals surface area contributed by atoms with E-state index in [1.54, 1.807) is 0 Å². The molecule has 0 aromatic heterocycles. The fourth-order valence-corrected chi connectivity index (χ4v) is 2.37. The van der Waals surface area contributed by atoms with Crippen molar-refractivity contribution in [1.29, 1.82) is 0 Å². The van der Waals surface area contributed by atoms with Crippen molar-refractivity contribution in [1.82, 2.24) is 5.32 Å². The topological polar surface area (TPSA) is 48.9 Å². The Morgan fingerprint density at radius 2 is 2.25 bits per heavy atom.